The maximum Gasteiger partial charge on any atom is 0.276 e. The Labute approximate surface area is 169 Å². The van der Waals surface area contributed by atoms with Gasteiger partial charge in [-0.15, -0.1) is 12.4 Å². The molecule has 1 aromatic carbocycles. The second kappa shape index (κ2) is 8.86. The van der Waals surface area contributed by atoms with Crippen LogP contribution in [0, 0.1) is 0 Å². The Morgan fingerprint density at radius 2 is 2.18 bits per heavy atom. The third-order valence-electron chi connectivity index (χ3n) is 4.54. The number of amides is 1. The molecule has 3 aromatic rings. The number of rotatable bonds is 5. The zero-order valence-electron chi connectivity index (χ0n) is 15.5. The quantitative estimate of drug-likeness (QED) is 0.611. The highest BCUT2D eigenvalue weighted by Crippen LogP contribution is 2.22. The largest absolute Gasteiger partial charge is 0.439 e. The van der Waals surface area contributed by atoms with Crippen LogP contribution in [0.3, 0.4) is 0 Å². The fraction of sp³-hybridized carbons (Fsp3) is 0.250. The summed E-state index contributed by atoms with van der Waals surface area (Å²) in [5.41, 5.74) is 4.18. The van der Waals surface area contributed by atoms with Gasteiger partial charge in [0.2, 0.25) is 5.88 Å². The van der Waals surface area contributed by atoms with Gasteiger partial charge in [0.15, 0.2) is 5.69 Å². The summed E-state index contributed by atoms with van der Waals surface area (Å²) in [7, 11) is 0. The summed E-state index contributed by atoms with van der Waals surface area (Å²) in [6, 6.07) is 11.4. The van der Waals surface area contributed by atoms with E-state index in [0.717, 1.165) is 36.4 Å². The number of hydrogen-bond acceptors (Lipinski definition) is 5. The van der Waals surface area contributed by atoms with Crippen LogP contribution in [-0.4, -0.2) is 27.6 Å². The molecule has 0 radical (unpaired) electrons. The Hall–Kier alpha value is -2.90. The number of carbonyl (C=O) groups is 1. The predicted molar refractivity (Wildman–Crippen MR) is 109 cm³/mol. The number of anilines is 1. The van der Waals surface area contributed by atoms with Gasteiger partial charge in [-0.2, -0.15) is 5.10 Å². The highest BCUT2D eigenvalue weighted by atomic mass is 35.5. The molecule has 8 heteroatoms. The minimum Gasteiger partial charge on any atom is -0.439 e. The Balaban J connectivity index is 0.00000225. The molecule has 0 saturated heterocycles. The molecule has 1 aliphatic heterocycles. The normalized spacial score (nSPS) is 12.6. The number of nitrogens with zero attached hydrogens (tertiary/aromatic N) is 2. The highest BCUT2D eigenvalue weighted by Gasteiger charge is 2.21. The fourth-order valence-corrected chi connectivity index (χ4v) is 3.07. The summed E-state index contributed by atoms with van der Waals surface area (Å²) >= 11 is 0. The maximum absolute atomic E-state index is 12.5. The lowest BCUT2D eigenvalue weighted by atomic mass is 10.1. The van der Waals surface area contributed by atoms with Crippen LogP contribution in [0.1, 0.15) is 34.2 Å². The molecule has 0 atom stereocenters. The van der Waals surface area contributed by atoms with Crippen LogP contribution < -0.4 is 15.4 Å². The van der Waals surface area contributed by atoms with Gasteiger partial charge in [-0.3, -0.25) is 9.89 Å². The third kappa shape index (κ3) is 4.32. The van der Waals surface area contributed by atoms with Crippen LogP contribution in [0.4, 0.5) is 5.69 Å². The van der Waals surface area contributed by atoms with Crippen molar-refractivity contribution in [1.82, 2.24) is 20.5 Å². The van der Waals surface area contributed by atoms with Gasteiger partial charge >= 0.3 is 0 Å². The number of nitrogens with one attached hydrogen (secondary N) is 3. The molecule has 0 unspecified atom stereocenters. The lowest BCUT2D eigenvalue weighted by Crippen LogP contribution is -2.25. The van der Waals surface area contributed by atoms with E-state index < -0.39 is 0 Å². The van der Waals surface area contributed by atoms with Gasteiger partial charge in [-0.25, -0.2) is 4.98 Å². The van der Waals surface area contributed by atoms with Crippen molar-refractivity contribution in [2.75, 3.05) is 11.9 Å². The summed E-state index contributed by atoms with van der Waals surface area (Å²) in [6.45, 7) is 3.64. The average molecular weight is 400 g/mol. The van der Waals surface area contributed by atoms with Crippen molar-refractivity contribution in [2.24, 2.45) is 0 Å². The number of fused-ring (bicyclic) bond motifs is 1. The number of hydrogen-bond donors (Lipinski definition) is 3. The Morgan fingerprint density at radius 1 is 1.29 bits per heavy atom. The molecule has 3 N–H and O–H groups in total. The van der Waals surface area contributed by atoms with Gasteiger partial charge in [0.25, 0.3) is 5.91 Å². The lowest BCUT2D eigenvalue weighted by molar-refractivity contribution is 0.102. The van der Waals surface area contributed by atoms with Crippen LogP contribution in [-0.2, 0) is 19.4 Å². The molecular weight excluding hydrogens is 378 g/mol. The first kappa shape index (κ1) is 19.9. The van der Waals surface area contributed by atoms with Crippen molar-refractivity contribution in [3.05, 3.63) is 65.1 Å². The Bertz CT molecular complexity index is 955. The van der Waals surface area contributed by atoms with Crippen LogP contribution in [0.15, 0.2) is 42.6 Å². The molecule has 0 saturated carbocycles. The van der Waals surface area contributed by atoms with Gasteiger partial charge in [0.05, 0.1) is 11.9 Å². The summed E-state index contributed by atoms with van der Waals surface area (Å²) in [4.78, 5) is 16.8. The maximum atomic E-state index is 12.5. The third-order valence-corrected chi connectivity index (χ3v) is 4.54. The molecular formula is C20H22ClN5O2. The number of halogens is 1. The Morgan fingerprint density at radius 3 is 2.96 bits per heavy atom. The zero-order chi connectivity index (χ0) is 18.6. The number of ether oxygens (including phenoxy) is 1. The molecule has 0 bridgehead atoms. The first-order valence-corrected chi connectivity index (χ1v) is 9.04. The number of aromatic amines is 1. The number of carbonyl (C=O) groups excluding carboxylic acids is 1. The molecule has 2 aromatic heterocycles. The van der Waals surface area contributed by atoms with E-state index in [2.05, 4.69) is 38.8 Å². The predicted octanol–water partition coefficient (Wildman–Crippen LogP) is 3.48. The Kier molecular flexibility index (Phi) is 6.28. The smallest absolute Gasteiger partial charge is 0.276 e. The van der Waals surface area contributed by atoms with Crippen molar-refractivity contribution < 1.29 is 9.53 Å². The van der Waals surface area contributed by atoms with Gasteiger partial charge in [0.1, 0.15) is 5.75 Å². The van der Waals surface area contributed by atoms with Gasteiger partial charge in [-0.05, 0) is 30.2 Å². The molecule has 146 valence electrons. The molecule has 4 rings (SSSR count). The van der Waals surface area contributed by atoms with E-state index in [1.165, 1.54) is 5.56 Å². The molecule has 1 aliphatic rings. The number of aromatic nitrogens is 3. The minimum absolute atomic E-state index is 0. The van der Waals surface area contributed by atoms with Crippen LogP contribution in [0.25, 0.3) is 0 Å². The lowest BCUT2D eigenvalue weighted by Gasteiger charge is -2.13. The second-order valence-corrected chi connectivity index (χ2v) is 6.40. The van der Waals surface area contributed by atoms with E-state index in [9.17, 15) is 4.79 Å². The van der Waals surface area contributed by atoms with Crippen LogP contribution in [0.2, 0.25) is 0 Å². The summed E-state index contributed by atoms with van der Waals surface area (Å²) < 4.78 is 5.78. The summed E-state index contributed by atoms with van der Waals surface area (Å²) in [6.07, 6.45) is 3.37. The zero-order valence-corrected chi connectivity index (χ0v) is 16.3. The van der Waals surface area contributed by atoms with E-state index in [4.69, 9.17) is 4.74 Å². The minimum atomic E-state index is -0.248. The van der Waals surface area contributed by atoms with Crippen molar-refractivity contribution >= 4 is 24.0 Å². The molecule has 0 aliphatic carbocycles. The first-order valence-electron chi connectivity index (χ1n) is 9.04. The van der Waals surface area contributed by atoms with Crippen molar-refractivity contribution in [3.8, 4) is 11.6 Å². The first-order chi connectivity index (χ1) is 13.2. The van der Waals surface area contributed by atoms with Crippen molar-refractivity contribution in [2.45, 2.75) is 26.3 Å². The molecule has 7 nitrogen and oxygen atoms in total. The number of H-pyrrole nitrogens is 1. The molecule has 0 fully saturated rings. The highest BCUT2D eigenvalue weighted by molar-refractivity contribution is 6.04. The van der Waals surface area contributed by atoms with Crippen LogP contribution >= 0.6 is 12.4 Å². The van der Waals surface area contributed by atoms with E-state index in [1.807, 2.05) is 18.2 Å². The van der Waals surface area contributed by atoms with E-state index in [0.29, 0.717) is 23.8 Å². The SMILES string of the molecule is CCc1cccc(Oc2ccc(NC(=O)c3n[nH]c4c3CNCC4)cn2)c1.Cl. The summed E-state index contributed by atoms with van der Waals surface area (Å²) in [5, 5.41) is 13.2. The van der Waals surface area contributed by atoms with Gasteiger partial charge in [0, 0.05) is 36.8 Å². The standard InChI is InChI=1S/C20H21N5O2.ClH/c1-2-13-4-3-5-15(10-13)27-18-7-6-14(11-22-18)23-20(26)19-16-12-21-9-8-17(16)24-25-19;/h3-7,10-11,21H,2,8-9,12H2,1H3,(H,23,26)(H,24,25);1H. The monoisotopic (exact) mass is 399 g/mol. The summed E-state index contributed by atoms with van der Waals surface area (Å²) in [5.74, 6) is 0.971. The molecule has 0 spiro atoms. The van der Waals surface area contributed by atoms with E-state index >= 15 is 0 Å². The van der Waals surface area contributed by atoms with Crippen molar-refractivity contribution in [3.63, 3.8) is 0 Å². The van der Waals surface area contributed by atoms with Crippen molar-refractivity contribution in [1.29, 1.82) is 0 Å². The topological polar surface area (TPSA) is 91.9 Å². The molecule has 3 heterocycles. The van der Waals surface area contributed by atoms with Gasteiger partial charge < -0.3 is 15.4 Å². The number of benzene rings is 1. The molecule has 28 heavy (non-hydrogen) atoms. The fourth-order valence-electron chi connectivity index (χ4n) is 3.07. The van der Waals surface area contributed by atoms with E-state index in [-0.39, 0.29) is 18.3 Å². The number of aryl methyl sites for hydroxylation is 1. The van der Waals surface area contributed by atoms with Gasteiger partial charge in [-0.1, -0.05) is 19.1 Å². The van der Waals surface area contributed by atoms with E-state index in [1.54, 1.807) is 18.3 Å². The average Bonchev–Trinajstić information content (AvgIpc) is 3.14. The molecule has 1 amide bonds. The van der Waals surface area contributed by atoms with Crippen LogP contribution in [0.5, 0.6) is 11.6 Å². The number of pyridine rings is 1. The second-order valence-electron chi connectivity index (χ2n) is 6.40.